The first-order valence-electron chi connectivity index (χ1n) is 10.4. The van der Waals surface area contributed by atoms with Crippen molar-refractivity contribution in [2.75, 3.05) is 13.1 Å². The van der Waals surface area contributed by atoms with Crippen LogP contribution in [0.25, 0.3) is 11.0 Å². The van der Waals surface area contributed by atoms with Crippen molar-refractivity contribution in [3.05, 3.63) is 60.4 Å². The number of aliphatic carboxylic acids is 2. The fraction of sp³-hybridized carbons (Fsp3) is 0.318. The third-order valence-electron chi connectivity index (χ3n) is 5.54. The molecule has 35 heavy (non-hydrogen) atoms. The molecule has 1 aliphatic heterocycles. The van der Waals surface area contributed by atoms with Gasteiger partial charge in [-0.2, -0.15) is 17.5 Å². The first-order chi connectivity index (χ1) is 16.4. The van der Waals surface area contributed by atoms with Crippen LogP contribution in [0.4, 0.5) is 13.2 Å². The molecule has 1 fully saturated rings. The van der Waals surface area contributed by atoms with Crippen molar-refractivity contribution < 1.29 is 41.4 Å². The Bertz CT molecular complexity index is 1300. The van der Waals surface area contributed by atoms with E-state index < -0.39 is 33.7 Å². The summed E-state index contributed by atoms with van der Waals surface area (Å²) in [5.41, 5.74) is 0.990. The van der Waals surface area contributed by atoms with Crippen LogP contribution in [0.2, 0.25) is 0 Å². The predicted molar refractivity (Wildman–Crippen MR) is 118 cm³/mol. The molecule has 0 unspecified atom stereocenters. The maximum Gasteiger partial charge on any atom is 0.416 e. The molecular formula is C22H22F3N3O6S. The molecule has 1 aliphatic rings. The van der Waals surface area contributed by atoms with Crippen LogP contribution in [0.1, 0.15) is 18.4 Å². The fourth-order valence-electron chi connectivity index (χ4n) is 3.75. The van der Waals surface area contributed by atoms with Crippen molar-refractivity contribution in [1.29, 1.82) is 0 Å². The molecule has 3 aromatic rings. The minimum absolute atomic E-state index is 0.278. The molecule has 0 bridgehead atoms. The van der Waals surface area contributed by atoms with Crippen molar-refractivity contribution in [3.63, 3.8) is 0 Å². The Morgan fingerprint density at radius 1 is 1.00 bits per heavy atom. The molecule has 4 rings (SSSR count). The lowest BCUT2D eigenvalue weighted by molar-refractivity contribution is -0.159. The summed E-state index contributed by atoms with van der Waals surface area (Å²) in [4.78, 5) is 22.3. The van der Waals surface area contributed by atoms with Gasteiger partial charge in [0.1, 0.15) is 0 Å². The molecule has 1 aromatic heterocycles. The smallest absolute Gasteiger partial charge is 0.416 e. The van der Waals surface area contributed by atoms with Gasteiger partial charge in [0.05, 0.1) is 27.8 Å². The summed E-state index contributed by atoms with van der Waals surface area (Å²) < 4.78 is 67.7. The highest BCUT2D eigenvalue weighted by molar-refractivity contribution is 7.89. The zero-order valence-corrected chi connectivity index (χ0v) is 19.0. The number of benzene rings is 2. The second-order valence-electron chi connectivity index (χ2n) is 7.87. The molecule has 13 heteroatoms. The molecule has 9 nitrogen and oxygen atoms in total. The number of aromatic nitrogens is 2. The number of para-hydroxylation sites is 2. The van der Waals surface area contributed by atoms with Gasteiger partial charge in [0.15, 0.2) is 0 Å². The molecule has 1 saturated heterocycles. The minimum Gasteiger partial charge on any atom is -0.473 e. The number of rotatable bonds is 4. The first kappa shape index (κ1) is 26.2. The Labute approximate surface area is 198 Å². The maximum absolute atomic E-state index is 12.9. The lowest BCUT2D eigenvalue weighted by atomic mass is 9.98. The molecule has 0 atom stereocenters. The molecule has 0 amide bonds. The average Bonchev–Trinajstić information content (AvgIpc) is 3.22. The number of halogens is 3. The van der Waals surface area contributed by atoms with Crippen molar-refractivity contribution in [1.82, 2.24) is 13.9 Å². The largest absolute Gasteiger partial charge is 0.473 e. The Hall–Kier alpha value is -3.45. The zero-order chi connectivity index (χ0) is 25.8. The number of imidazole rings is 1. The lowest BCUT2D eigenvalue weighted by Crippen LogP contribution is -2.39. The molecule has 0 spiro atoms. The van der Waals surface area contributed by atoms with E-state index in [4.69, 9.17) is 19.8 Å². The fourth-order valence-corrected chi connectivity index (χ4v) is 5.26. The van der Waals surface area contributed by atoms with E-state index in [1.807, 2.05) is 24.3 Å². The summed E-state index contributed by atoms with van der Waals surface area (Å²) in [6.07, 6.45) is -1.50. The highest BCUT2D eigenvalue weighted by Gasteiger charge is 2.34. The van der Waals surface area contributed by atoms with Gasteiger partial charge in [-0.1, -0.05) is 18.2 Å². The maximum atomic E-state index is 12.9. The number of fused-ring (bicyclic) bond motifs is 1. The van der Waals surface area contributed by atoms with Gasteiger partial charge in [-0.05, 0) is 49.1 Å². The summed E-state index contributed by atoms with van der Waals surface area (Å²) in [6, 6.07) is 11.7. The third kappa shape index (κ3) is 6.36. The van der Waals surface area contributed by atoms with Gasteiger partial charge in [-0.25, -0.2) is 23.0 Å². The highest BCUT2D eigenvalue weighted by Crippen LogP contribution is 2.32. The molecule has 0 aliphatic carbocycles. The highest BCUT2D eigenvalue weighted by atomic mass is 32.2. The molecule has 2 aromatic carbocycles. The summed E-state index contributed by atoms with van der Waals surface area (Å²) in [5, 5.41) is 14.8. The summed E-state index contributed by atoms with van der Waals surface area (Å²) in [7, 11) is -3.95. The van der Waals surface area contributed by atoms with Crippen molar-refractivity contribution in [2.24, 2.45) is 5.92 Å². The molecule has 188 valence electrons. The number of piperidine rings is 1. The molecule has 0 radical (unpaired) electrons. The first-order valence-corrected chi connectivity index (χ1v) is 11.9. The number of alkyl halides is 3. The molecular weight excluding hydrogens is 491 g/mol. The van der Waals surface area contributed by atoms with E-state index >= 15 is 0 Å². The van der Waals surface area contributed by atoms with E-state index in [0.717, 1.165) is 29.7 Å². The van der Waals surface area contributed by atoms with Crippen LogP contribution in [0.3, 0.4) is 0 Å². The monoisotopic (exact) mass is 513 g/mol. The SMILES string of the molecule is O=C(O)C(=O)O.O=S(=O)(c1cccc(C(F)(F)F)c1)N1CCC(Cn2cnc3ccccc32)CC1. The van der Waals surface area contributed by atoms with Gasteiger partial charge in [0.2, 0.25) is 10.0 Å². The Balaban J connectivity index is 0.000000509. The van der Waals surface area contributed by atoms with Gasteiger partial charge < -0.3 is 14.8 Å². The Morgan fingerprint density at radius 3 is 2.23 bits per heavy atom. The summed E-state index contributed by atoms with van der Waals surface area (Å²) in [5.74, 6) is -3.37. The number of carboxylic acids is 2. The standard InChI is InChI=1S/C20H20F3N3O2S.C2H2O4/c21-20(22,23)16-4-3-5-17(12-16)29(27,28)26-10-8-15(9-11-26)13-25-14-24-18-6-1-2-7-19(18)25;3-1(4)2(5)6/h1-7,12,14-15H,8-11,13H2;(H,3,4)(H,5,6). The van der Waals surface area contributed by atoms with E-state index in [9.17, 15) is 21.6 Å². The van der Waals surface area contributed by atoms with Crippen LogP contribution in [-0.2, 0) is 32.3 Å². The summed E-state index contributed by atoms with van der Waals surface area (Å²) in [6.45, 7) is 1.31. The van der Waals surface area contributed by atoms with Gasteiger partial charge in [-0.15, -0.1) is 0 Å². The van der Waals surface area contributed by atoms with Crippen molar-refractivity contribution in [3.8, 4) is 0 Å². The predicted octanol–water partition coefficient (Wildman–Crippen LogP) is 3.31. The molecule has 2 N–H and O–H groups in total. The van der Waals surface area contributed by atoms with E-state index in [1.165, 1.54) is 10.4 Å². The van der Waals surface area contributed by atoms with Crippen LogP contribution < -0.4 is 0 Å². The zero-order valence-electron chi connectivity index (χ0n) is 18.2. The van der Waals surface area contributed by atoms with Crippen LogP contribution >= 0.6 is 0 Å². The minimum atomic E-state index is -4.58. The quantitative estimate of drug-likeness (QED) is 0.512. The van der Waals surface area contributed by atoms with Crippen LogP contribution in [0, 0.1) is 5.92 Å². The second-order valence-corrected chi connectivity index (χ2v) is 9.81. The Kier molecular flexibility index (Phi) is 7.80. The summed E-state index contributed by atoms with van der Waals surface area (Å²) >= 11 is 0. The van der Waals surface area contributed by atoms with Gasteiger partial charge in [-0.3, -0.25) is 0 Å². The van der Waals surface area contributed by atoms with Crippen molar-refractivity contribution >= 4 is 33.0 Å². The van der Waals surface area contributed by atoms with E-state index in [-0.39, 0.29) is 23.9 Å². The van der Waals surface area contributed by atoms with E-state index in [0.29, 0.717) is 18.9 Å². The van der Waals surface area contributed by atoms with E-state index in [2.05, 4.69) is 9.55 Å². The molecule has 2 heterocycles. The number of hydrogen-bond donors (Lipinski definition) is 2. The topological polar surface area (TPSA) is 130 Å². The van der Waals surface area contributed by atoms with Gasteiger partial charge in [0.25, 0.3) is 0 Å². The van der Waals surface area contributed by atoms with Crippen molar-refractivity contribution in [2.45, 2.75) is 30.5 Å². The number of nitrogens with zero attached hydrogens (tertiary/aromatic N) is 3. The third-order valence-corrected chi connectivity index (χ3v) is 7.43. The van der Waals surface area contributed by atoms with E-state index in [1.54, 1.807) is 6.33 Å². The average molecular weight is 513 g/mol. The lowest BCUT2D eigenvalue weighted by Gasteiger charge is -2.31. The Morgan fingerprint density at radius 2 is 1.63 bits per heavy atom. The number of carboxylic acid groups (broad SMARTS) is 2. The normalized spacial score (nSPS) is 15.4. The molecule has 0 saturated carbocycles. The van der Waals surface area contributed by atoms with Crippen LogP contribution in [0.15, 0.2) is 59.8 Å². The second kappa shape index (κ2) is 10.4. The number of sulfonamides is 1. The van der Waals surface area contributed by atoms with Gasteiger partial charge in [0, 0.05) is 19.6 Å². The van der Waals surface area contributed by atoms with Crippen LogP contribution in [0.5, 0.6) is 0 Å². The number of hydrogen-bond acceptors (Lipinski definition) is 5. The van der Waals surface area contributed by atoms with Gasteiger partial charge >= 0.3 is 18.1 Å². The van der Waals surface area contributed by atoms with Crippen LogP contribution in [-0.4, -0.2) is 57.5 Å². The number of carbonyl (C=O) groups is 2.